The Hall–Kier alpha value is -2.55. The maximum atomic E-state index is 13.4. The van der Waals surface area contributed by atoms with Crippen molar-refractivity contribution in [3.8, 4) is 0 Å². The van der Waals surface area contributed by atoms with E-state index in [9.17, 15) is 17.6 Å². The lowest BCUT2D eigenvalue weighted by molar-refractivity contribution is 0.0942. The Morgan fingerprint density at radius 1 is 1.10 bits per heavy atom. The van der Waals surface area contributed by atoms with Crippen molar-refractivity contribution in [1.82, 2.24) is 9.62 Å². The topological polar surface area (TPSA) is 66.5 Å². The summed E-state index contributed by atoms with van der Waals surface area (Å²) in [4.78, 5) is 14.2. The number of thiophene rings is 1. The molecule has 0 spiro atoms. The van der Waals surface area contributed by atoms with Crippen molar-refractivity contribution in [2.45, 2.75) is 31.7 Å². The second kappa shape index (κ2) is 9.72. The lowest BCUT2D eigenvalue weighted by atomic mass is 10.0. The third-order valence-corrected chi connectivity index (χ3v) is 8.09. The Labute approximate surface area is 186 Å². The summed E-state index contributed by atoms with van der Waals surface area (Å²) in [5.41, 5.74) is 1.69. The van der Waals surface area contributed by atoms with E-state index in [-0.39, 0.29) is 16.3 Å². The molecule has 3 rings (SSSR count). The molecule has 0 aliphatic rings. The van der Waals surface area contributed by atoms with Crippen LogP contribution in [-0.2, 0) is 10.0 Å². The molecule has 3 aromatic rings. The zero-order chi connectivity index (χ0) is 22.6. The summed E-state index contributed by atoms with van der Waals surface area (Å²) in [7, 11) is -3.69. The molecule has 1 N–H and O–H groups in total. The summed E-state index contributed by atoms with van der Waals surface area (Å²) in [6, 6.07) is 13.9. The minimum absolute atomic E-state index is 0.0846. The Kier molecular flexibility index (Phi) is 7.25. The van der Waals surface area contributed by atoms with Crippen LogP contribution in [0.4, 0.5) is 4.39 Å². The average Bonchev–Trinajstić information content (AvgIpc) is 3.28. The largest absolute Gasteiger partial charge is 0.340 e. The summed E-state index contributed by atoms with van der Waals surface area (Å²) >= 11 is 1.48. The minimum atomic E-state index is -3.69. The first-order valence-electron chi connectivity index (χ1n) is 9.98. The van der Waals surface area contributed by atoms with Gasteiger partial charge in [0, 0.05) is 23.5 Å². The minimum Gasteiger partial charge on any atom is -0.340 e. The molecule has 164 valence electrons. The number of hydrogen-bond acceptors (Lipinski definition) is 4. The summed E-state index contributed by atoms with van der Waals surface area (Å²) in [5.74, 6) is -0.748. The van der Waals surface area contributed by atoms with Crippen LogP contribution in [0.15, 0.2) is 64.9 Å². The fourth-order valence-electron chi connectivity index (χ4n) is 3.36. The van der Waals surface area contributed by atoms with Gasteiger partial charge in [0.1, 0.15) is 5.82 Å². The smallest absolute Gasteiger partial charge is 0.252 e. The average molecular weight is 461 g/mol. The number of benzene rings is 2. The van der Waals surface area contributed by atoms with E-state index in [2.05, 4.69) is 5.32 Å². The molecule has 31 heavy (non-hydrogen) atoms. The zero-order valence-electron chi connectivity index (χ0n) is 17.6. The van der Waals surface area contributed by atoms with Crippen LogP contribution in [0.1, 0.15) is 46.3 Å². The number of hydrogen-bond donors (Lipinski definition) is 1. The first kappa shape index (κ1) is 23.1. The van der Waals surface area contributed by atoms with Gasteiger partial charge in [0.2, 0.25) is 10.0 Å². The van der Waals surface area contributed by atoms with Crippen molar-refractivity contribution in [2.75, 3.05) is 13.1 Å². The predicted octanol–water partition coefficient (Wildman–Crippen LogP) is 4.75. The van der Waals surface area contributed by atoms with Crippen LogP contribution in [-0.4, -0.2) is 31.7 Å². The van der Waals surface area contributed by atoms with Crippen LogP contribution < -0.4 is 5.32 Å². The second-order valence-corrected chi connectivity index (χ2v) is 9.96. The molecule has 0 aliphatic carbocycles. The first-order chi connectivity index (χ1) is 14.8. The number of nitrogens with zero attached hydrogens (tertiary/aromatic N) is 1. The first-order valence-corrected chi connectivity index (χ1v) is 12.3. The van der Waals surface area contributed by atoms with E-state index in [1.165, 1.54) is 39.9 Å². The van der Waals surface area contributed by atoms with Gasteiger partial charge in [0.15, 0.2) is 0 Å². The van der Waals surface area contributed by atoms with Crippen molar-refractivity contribution in [3.05, 3.63) is 87.4 Å². The van der Waals surface area contributed by atoms with E-state index in [0.29, 0.717) is 18.7 Å². The van der Waals surface area contributed by atoms with Crippen LogP contribution in [0.2, 0.25) is 0 Å². The Balaban J connectivity index is 1.97. The second-order valence-electron chi connectivity index (χ2n) is 7.04. The van der Waals surface area contributed by atoms with Crippen LogP contribution in [0.5, 0.6) is 0 Å². The van der Waals surface area contributed by atoms with E-state index in [1.807, 2.05) is 17.5 Å². The molecule has 5 nitrogen and oxygen atoms in total. The predicted molar refractivity (Wildman–Crippen MR) is 121 cm³/mol. The maximum Gasteiger partial charge on any atom is 0.252 e. The zero-order valence-corrected chi connectivity index (χ0v) is 19.3. The molecule has 0 aliphatic heterocycles. The molecule has 1 amide bonds. The number of aryl methyl sites for hydroxylation is 1. The van der Waals surface area contributed by atoms with Crippen LogP contribution in [0, 0.1) is 12.7 Å². The molecule has 1 aromatic heterocycles. The number of halogens is 1. The third kappa shape index (κ3) is 5.03. The molecule has 0 saturated heterocycles. The maximum absolute atomic E-state index is 13.4. The number of carbonyl (C=O) groups is 1. The van der Waals surface area contributed by atoms with Crippen molar-refractivity contribution < 1.29 is 17.6 Å². The van der Waals surface area contributed by atoms with Crippen molar-refractivity contribution in [2.24, 2.45) is 0 Å². The number of carbonyl (C=O) groups excluding carboxylic acids is 1. The van der Waals surface area contributed by atoms with Crippen LogP contribution >= 0.6 is 11.3 Å². The lowest BCUT2D eigenvalue weighted by Crippen LogP contribution is -2.32. The Bertz CT molecular complexity index is 1140. The normalized spacial score (nSPS) is 12.7. The quantitative estimate of drug-likeness (QED) is 0.528. The molecule has 1 heterocycles. The summed E-state index contributed by atoms with van der Waals surface area (Å²) in [5, 5.41) is 4.89. The van der Waals surface area contributed by atoms with Gasteiger partial charge in [-0.2, -0.15) is 4.31 Å². The summed E-state index contributed by atoms with van der Waals surface area (Å²) in [6.07, 6.45) is 0. The fourth-order valence-corrected chi connectivity index (χ4v) is 5.64. The van der Waals surface area contributed by atoms with Crippen molar-refractivity contribution >= 4 is 27.3 Å². The van der Waals surface area contributed by atoms with Crippen LogP contribution in [0.25, 0.3) is 0 Å². The number of amides is 1. The number of sulfonamides is 1. The molecular weight excluding hydrogens is 435 g/mol. The Morgan fingerprint density at radius 3 is 2.35 bits per heavy atom. The van der Waals surface area contributed by atoms with Gasteiger partial charge in [-0.05, 0) is 53.8 Å². The van der Waals surface area contributed by atoms with Crippen LogP contribution in [0.3, 0.4) is 0 Å². The molecular formula is C23H25FN2O3S2. The van der Waals surface area contributed by atoms with E-state index in [4.69, 9.17) is 0 Å². The van der Waals surface area contributed by atoms with Gasteiger partial charge in [-0.15, -0.1) is 11.3 Å². The molecule has 0 saturated carbocycles. The number of nitrogens with one attached hydrogen (secondary N) is 1. The standard InChI is InChI=1S/C23H25FN2O3S2/c1-4-26(5-2)31(28,29)19-13-8-16(3)20(15-19)23(27)25-22(21-7-6-14-30-21)17-9-11-18(24)12-10-17/h6-15,22H,4-5H2,1-3H3,(H,25,27). The molecule has 8 heteroatoms. The molecule has 1 unspecified atom stereocenters. The van der Waals surface area contributed by atoms with Gasteiger partial charge in [0.05, 0.1) is 10.9 Å². The third-order valence-electron chi connectivity index (χ3n) is 5.10. The van der Waals surface area contributed by atoms with Crippen molar-refractivity contribution in [1.29, 1.82) is 0 Å². The van der Waals surface area contributed by atoms with E-state index in [1.54, 1.807) is 39.0 Å². The highest BCUT2D eigenvalue weighted by Gasteiger charge is 2.25. The molecule has 0 radical (unpaired) electrons. The van der Waals surface area contributed by atoms with Gasteiger partial charge in [-0.25, -0.2) is 12.8 Å². The molecule has 2 aromatic carbocycles. The summed E-state index contributed by atoms with van der Waals surface area (Å²) in [6.45, 7) is 6.01. The van der Waals surface area contributed by atoms with Gasteiger partial charge < -0.3 is 5.32 Å². The molecule has 1 atom stereocenters. The summed E-state index contributed by atoms with van der Waals surface area (Å²) < 4.78 is 40.6. The highest BCUT2D eigenvalue weighted by Crippen LogP contribution is 2.27. The fraction of sp³-hybridized carbons (Fsp3) is 0.261. The van der Waals surface area contributed by atoms with Gasteiger partial charge in [-0.3, -0.25) is 4.79 Å². The van der Waals surface area contributed by atoms with E-state index < -0.39 is 22.0 Å². The SMILES string of the molecule is CCN(CC)S(=O)(=O)c1ccc(C)c(C(=O)NC(c2ccc(F)cc2)c2cccs2)c1. The monoisotopic (exact) mass is 460 g/mol. The van der Waals surface area contributed by atoms with Crippen molar-refractivity contribution in [3.63, 3.8) is 0 Å². The Morgan fingerprint density at radius 2 is 1.77 bits per heavy atom. The lowest BCUT2D eigenvalue weighted by Gasteiger charge is -2.21. The van der Waals surface area contributed by atoms with Gasteiger partial charge in [0.25, 0.3) is 5.91 Å². The molecule has 0 bridgehead atoms. The molecule has 0 fully saturated rings. The van der Waals surface area contributed by atoms with E-state index in [0.717, 1.165) is 10.4 Å². The van der Waals surface area contributed by atoms with E-state index >= 15 is 0 Å². The highest BCUT2D eigenvalue weighted by atomic mass is 32.2. The number of rotatable bonds is 8. The van der Waals surface area contributed by atoms with Gasteiger partial charge in [-0.1, -0.05) is 38.1 Å². The highest BCUT2D eigenvalue weighted by molar-refractivity contribution is 7.89. The van der Waals surface area contributed by atoms with Gasteiger partial charge >= 0.3 is 0 Å².